The lowest BCUT2D eigenvalue weighted by atomic mass is 10.2. The van der Waals surface area contributed by atoms with Crippen molar-refractivity contribution in [2.75, 3.05) is 32.8 Å². The smallest absolute Gasteiger partial charge is 0.250 e. The van der Waals surface area contributed by atoms with Crippen molar-refractivity contribution in [2.45, 2.75) is 10.3 Å². The largest absolute Gasteiger partial charge is 0.468 e. The number of sulfonamides is 1. The van der Waals surface area contributed by atoms with Crippen molar-refractivity contribution in [3.63, 3.8) is 0 Å². The molecule has 3 rings (SSSR count). The minimum Gasteiger partial charge on any atom is -0.468 e. The van der Waals surface area contributed by atoms with Gasteiger partial charge in [0.25, 0.3) is 0 Å². The summed E-state index contributed by atoms with van der Waals surface area (Å²) in [6.45, 7) is 3.08. The highest BCUT2D eigenvalue weighted by Crippen LogP contribution is 2.23. The van der Waals surface area contributed by atoms with E-state index >= 15 is 0 Å². The second kappa shape index (κ2) is 6.93. The third kappa shape index (κ3) is 3.58. The lowest BCUT2D eigenvalue weighted by Gasteiger charge is -2.33. The molecule has 120 valence electrons. The van der Waals surface area contributed by atoms with Crippen LogP contribution in [0.4, 0.5) is 0 Å². The SMILES string of the molecule is O=S(=O)(NC[C@@H](c1ccco1)N1CCOCC1)c1cccs1. The van der Waals surface area contributed by atoms with Crippen LogP contribution in [0.5, 0.6) is 0 Å². The summed E-state index contributed by atoms with van der Waals surface area (Å²) in [5.74, 6) is 0.760. The molecule has 8 heteroatoms. The molecule has 2 aromatic rings. The average molecular weight is 342 g/mol. The summed E-state index contributed by atoms with van der Waals surface area (Å²) in [6.07, 6.45) is 1.61. The lowest BCUT2D eigenvalue weighted by molar-refractivity contribution is 0.0128. The van der Waals surface area contributed by atoms with E-state index in [1.165, 1.54) is 11.3 Å². The molecule has 0 unspecified atom stereocenters. The Hall–Kier alpha value is -1.19. The van der Waals surface area contributed by atoms with Gasteiger partial charge in [0.1, 0.15) is 9.97 Å². The number of nitrogens with one attached hydrogen (secondary N) is 1. The summed E-state index contributed by atoms with van der Waals surface area (Å²) in [7, 11) is -3.47. The first-order chi connectivity index (χ1) is 10.7. The van der Waals surface area contributed by atoms with Crippen molar-refractivity contribution in [1.82, 2.24) is 9.62 Å². The Labute approximate surface area is 133 Å². The zero-order chi connectivity index (χ0) is 15.4. The molecule has 22 heavy (non-hydrogen) atoms. The summed E-state index contributed by atoms with van der Waals surface area (Å²) in [5.41, 5.74) is 0. The normalized spacial score (nSPS) is 18.4. The van der Waals surface area contributed by atoms with Crippen LogP contribution in [0.25, 0.3) is 0 Å². The number of hydrogen-bond donors (Lipinski definition) is 1. The van der Waals surface area contributed by atoms with Crippen LogP contribution in [0.3, 0.4) is 0 Å². The molecule has 0 radical (unpaired) electrons. The van der Waals surface area contributed by atoms with Crippen molar-refractivity contribution >= 4 is 21.4 Å². The van der Waals surface area contributed by atoms with E-state index < -0.39 is 10.0 Å². The average Bonchev–Trinajstić information content (AvgIpc) is 3.22. The van der Waals surface area contributed by atoms with E-state index in [0.29, 0.717) is 17.4 Å². The maximum absolute atomic E-state index is 12.3. The molecule has 1 atom stereocenters. The van der Waals surface area contributed by atoms with Crippen LogP contribution >= 0.6 is 11.3 Å². The number of furan rings is 1. The Bertz CT molecular complexity index is 662. The number of ether oxygens (including phenoxy) is 1. The highest BCUT2D eigenvalue weighted by Gasteiger charge is 2.27. The predicted octanol–water partition coefficient (Wildman–Crippen LogP) is 1.69. The zero-order valence-electron chi connectivity index (χ0n) is 12.0. The lowest BCUT2D eigenvalue weighted by Crippen LogP contribution is -2.43. The van der Waals surface area contributed by atoms with E-state index in [1.807, 2.05) is 12.1 Å². The second-order valence-corrected chi connectivity index (χ2v) is 7.91. The van der Waals surface area contributed by atoms with E-state index in [0.717, 1.165) is 18.8 Å². The number of nitrogens with zero attached hydrogens (tertiary/aromatic N) is 1. The number of hydrogen-bond acceptors (Lipinski definition) is 6. The molecule has 1 fully saturated rings. The predicted molar refractivity (Wildman–Crippen MR) is 83.3 cm³/mol. The molecule has 0 bridgehead atoms. The molecule has 1 aliphatic rings. The quantitative estimate of drug-likeness (QED) is 0.865. The summed E-state index contributed by atoms with van der Waals surface area (Å²) >= 11 is 1.21. The molecule has 1 saturated heterocycles. The van der Waals surface area contributed by atoms with Gasteiger partial charge in [-0.15, -0.1) is 11.3 Å². The number of rotatable bonds is 6. The van der Waals surface area contributed by atoms with Crippen molar-refractivity contribution in [1.29, 1.82) is 0 Å². The van der Waals surface area contributed by atoms with Crippen LogP contribution < -0.4 is 4.72 Å². The van der Waals surface area contributed by atoms with E-state index in [9.17, 15) is 8.42 Å². The highest BCUT2D eigenvalue weighted by atomic mass is 32.2. The third-order valence-corrected chi connectivity index (χ3v) is 6.41. The van der Waals surface area contributed by atoms with Crippen LogP contribution in [-0.2, 0) is 14.8 Å². The summed E-state index contributed by atoms with van der Waals surface area (Å²) < 4.78 is 38.4. The van der Waals surface area contributed by atoms with Crippen LogP contribution in [0.15, 0.2) is 44.5 Å². The van der Waals surface area contributed by atoms with Gasteiger partial charge in [0, 0.05) is 19.6 Å². The molecule has 2 aromatic heterocycles. The molecular weight excluding hydrogens is 324 g/mol. The van der Waals surface area contributed by atoms with E-state index in [2.05, 4.69) is 9.62 Å². The van der Waals surface area contributed by atoms with Gasteiger partial charge in [-0.2, -0.15) is 0 Å². The Kier molecular flexibility index (Phi) is 4.94. The minimum absolute atomic E-state index is 0.131. The van der Waals surface area contributed by atoms with Crippen molar-refractivity contribution < 1.29 is 17.6 Å². The van der Waals surface area contributed by atoms with Crippen LogP contribution in [-0.4, -0.2) is 46.2 Å². The van der Waals surface area contributed by atoms with Gasteiger partial charge >= 0.3 is 0 Å². The minimum atomic E-state index is -3.47. The molecule has 0 amide bonds. The molecule has 0 aromatic carbocycles. The Morgan fingerprint density at radius 3 is 2.73 bits per heavy atom. The van der Waals surface area contributed by atoms with Gasteiger partial charge in [-0.05, 0) is 23.6 Å². The molecule has 0 spiro atoms. The Morgan fingerprint density at radius 2 is 2.09 bits per heavy atom. The topological polar surface area (TPSA) is 71.8 Å². The van der Waals surface area contributed by atoms with Gasteiger partial charge in [0.2, 0.25) is 10.0 Å². The highest BCUT2D eigenvalue weighted by molar-refractivity contribution is 7.91. The first kappa shape index (κ1) is 15.7. The molecule has 3 heterocycles. The molecule has 0 saturated carbocycles. The summed E-state index contributed by atoms with van der Waals surface area (Å²) in [6, 6.07) is 6.89. The maximum Gasteiger partial charge on any atom is 0.250 e. The van der Waals surface area contributed by atoms with Gasteiger partial charge < -0.3 is 9.15 Å². The molecule has 1 N–H and O–H groups in total. The fourth-order valence-electron chi connectivity index (χ4n) is 2.46. The van der Waals surface area contributed by atoms with Crippen molar-refractivity contribution in [3.05, 3.63) is 41.7 Å². The van der Waals surface area contributed by atoms with Crippen molar-refractivity contribution in [2.24, 2.45) is 0 Å². The van der Waals surface area contributed by atoms with Gasteiger partial charge in [-0.3, -0.25) is 4.90 Å². The van der Waals surface area contributed by atoms with E-state index in [1.54, 1.807) is 23.8 Å². The van der Waals surface area contributed by atoms with Gasteiger partial charge in [0.05, 0.1) is 25.5 Å². The van der Waals surface area contributed by atoms with Crippen LogP contribution in [0.2, 0.25) is 0 Å². The third-order valence-electron chi connectivity index (χ3n) is 3.58. The Balaban J connectivity index is 1.73. The van der Waals surface area contributed by atoms with Gasteiger partial charge in [0.15, 0.2) is 0 Å². The molecule has 0 aliphatic carbocycles. The van der Waals surface area contributed by atoms with E-state index in [-0.39, 0.29) is 12.6 Å². The van der Waals surface area contributed by atoms with Gasteiger partial charge in [-0.1, -0.05) is 6.07 Å². The fourth-order valence-corrected chi connectivity index (χ4v) is 4.53. The van der Waals surface area contributed by atoms with Crippen LogP contribution in [0.1, 0.15) is 11.8 Å². The fraction of sp³-hybridized carbons (Fsp3) is 0.429. The summed E-state index contributed by atoms with van der Waals surface area (Å²) in [4.78, 5) is 2.18. The van der Waals surface area contributed by atoms with E-state index in [4.69, 9.17) is 9.15 Å². The maximum atomic E-state index is 12.3. The standard InChI is InChI=1S/C14H18N2O4S2/c17-22(18,14-4-2-10-21-14)15-11-12(13-3-1-7-20-13)16-5-8-19-9-6-16/h1-4,7,10,12,15H,5-6,8-9,11H2/t12-/m0/s1. The monoisotopic (exact) mass is 342 g/mol. The molecule has 6 nitrogen and oxygen atoms in total. The number of thiophene rings is 1. The summed E-state index contributed by atoms with van der Waals surface area (Å²) in [5, 5.41) is 1.75. The Morgan fingerprint density at radius 1 is 1.27 bits per heavy atom. The first-order valence-corrected chi connectivity index (χ1v) is 9.41. The zero-order valence-corrected chi connectivity index (χ0v) is 13.6. The molecular formula is C14H18N2O4S2. The first-order valence-electron chi connectivity index (χ1n) is 7.05. The van der Waals surface area contributed by atoms with Crippen LogP contribution in [0, 0.1) is 0 Å². The van der Waals surface area contributed by atoms with Crippen molar-refractivity contribution in [3.8, 4) is 0 Å². The van der Waals surface area contributed by atoms with Gasteiger partial charge in [-0.25, -0.2) is 13.1 Å². The second-order valence-electron chi connectivity index (χ2n) is 4.96. The number of morpholine rings is 1. The molecule has 1 aliphatic heterocycles.